The van der Waals surface area contributed by atoms with Gasteiger partial charge in [0, 0.05) is 12.1 Å². The van der Waals surface area contributed by atoms with Crippen LogP contribution in [-0.4, -0.2) is 17.6 Å². The Hall–Kier alpha value is -3.07. The van der Waals surface area contributed by atoms with Crippen molar-refractivity contribution >= 4 is 16.7 Å². The number of aliphatic hydroxyl groups is 1. The van der Waals surface area contributed by atoms with Crippen LogP contribution in [0.1, 0.15) is 33.2 Å². The molecular weight excluding hydrogens is 412 g/mol. The minimum atomic E-state index is -5.06. The van der Waals surface area contributed by atoms with Crippen LogP contribution in [0.2, 0.25) is 0 Å². The van der Waals surface area contributed by atoms with E-state index >= 15 is 0 Å². The van der Waals surface area contributed by atoms with E-state index in [-0.39, 0.29) is 6.07 Å². The molecule has 158 valence electrons. The van der Waals surface area contributed by atoms with E-state index < -0.39 is 47.6 Å². The zero-order chi connectivity index (χ0) is 22.1. The van der Waals surface area contributed by atoms with Crippen molar-refractivity contribution in [1.82, 2.24) is 5.32 Å². The Labute approximate surface area is 166 Å². The van der Waals surface area contributed by atoms with Crippen molar-refractivity contribution in [3.8, 4) is 0 Å². The third-order valence-corrected chi connectivity index (χ3v) is 4.49. The van der Waals surface area contributed by atoms with Gasteiger partial charge >= 0.3 is 12.4 Å². The van der Waals surface area contributed by atoms with Gasteiger partial charge in [0.2, 0.25) is 0 Å². The van der Waals surface area contributed by atoms with Crippen molar-refractivity contribution in [2.75, 3.05) is 6.54 Å². The van der Waals surface area contributed by atoms with E-state index in [0.717, 1.165) is 5.39 Å². The number of amides is 1. The topological polar surface area (TPSA) is 49.3 Å². The first kappa shape index (κ1) is 21.6. The fourth-order valence-corrected chi connectivity index (χ4v) is 3.03. The molecule has 3 nitrogen and oxygen atoms in total. The van der Waals surface area contributed by atoms with Gasteiger partial charge in [-0.2, -0.15) is 26.3 Å². The van der Waals surface area contributed by atoms with Crippen LogP contribution in [0.25, 0.3) is 10.8 Å². The van der Waals surface area contributed by atoms with Crippen molar-refractivity contribution in [1.29, 1.82) is 0 Å². The van der Waals surface area contributed by atoms with Crippen LogP contribution in [0.5, 0.6) is 0 Å². The van der Waals surface area contributed by atoms with Gasteiger partial charge in [-0.25, -0.2) is 0 Å². The van der Waals surface area contributed by atoms with Gasteiger partial charge in [-0.05, 0) is 34.5 Å². The van der Waals surface area contributed by atoms with Crippen molar-refractivity contribution in [3.05, 3.63) is 82.9 Å². The lowest BCUT2D eigenvalue weighted by atomic mass is 10.00. The lowest BCUT2D eigenvalue weighted by Gasteiger charge is -2.16. The number of rotatable bonds is 4. The quantitative estimate of drug-likeness (QED) is 0.553. The van der Waals surface area contributed by atoms with Crippen molar-refractivity contribution in [3.63, 3.8) is 0 Å². The van der Waals surface area contributed by atoms with E-state index in [9.17, 15) is 36.2 Å². The smallest absolute Gasteiger partial charge is 0.387 e. The van der Waals surface area contributed by atoms with Crippen molar-refractivity contribution in [2.45, 2.75) is 18.5 Å². The molecular formula is C21H15F6NO2. The van der Waals surface area contributed by atoms with Gasteiger partial charge in [0.1, 0.15) is 0 Å². The third kappa shape index (κ3) is 4.73. The van der Waals surface area contributed by atoms with Crippen LogP contribution >= 0.6 is 0 Å². The molecule has 30 heavy (non-hydrogen) atoms. The molecule has 0 aliphatic carbocycles. The monoisotopic (exact) mass is 427 g/mol. The summed E-state index contributed by atoms with van der Waals surface area (Å²) in [6, 6.07) is 12.8. The number of benzene rings is 3. The number of aliphatic hydroxyl groups excluding tert-OH is 1. The second-order valence-electron chi connectivity index (χ2n) is 6.59. The Morgan fingerprint density at radius 3 is 2.03 bits per heavy atom. The molecule has 3 aromatic carbocycles. The maximum Gasteiger partial charge on any atom is 0.416 e. The van der Waals surface area contributed by atoms with Crippen LogP contribution < -0.4 is 5.32 Å². The summed E-state index contributed by atoms with van der Waals surface area (Å²) < 4.78 is 77.7. The summed E-state index contributed by atoms with van der Waals surface area (Å²) in [6.45, 7) is -0.398. The molecule has 0 fully saturated rings. The molecule has 3 rings (SSSR count). The number of carbonyl (C=O) groups is 1. The van der Waals surface area contributed by atoms with Crippen LogP contribution in [0.3, 0.4) is 0 Å². The van der Waals surface area contributed by atoms with Gasteiger partial charge in [0.05, 0.1) is 17.2 Å². The molecule has 0 aliphatic heterocycles. The molecule has 0 aliphatic rings. The van der Waals surface area contributed by atoms with Gasteiger partial charge in [-0.15, -0.1) is 0 Å². The second-order valence-corrected chi connectivity index (χ2v) is 6.59. The molecule has 0 heterocycles. The summed E-state index contributed by atoms with van der Waals surface area (Å²) >= 11 is 0. The van der Waals surface area contributed by atoms with Gasteiger partial charge in [0.15, 0.2) is 0 Å². The lowest BCUT2D eigenvalue weighted by molar-refractivity contribution is -0.143. The lowest BCUT2D eigenvalue weighted by Crippen LogP contribution is -2.29. The Balaban J connectivity index is 1.83. The van der Waals surface area contributed by atoms with E-state index in [1.54, 1.807) is 30.3 Å². The van der Waals surface area contributed by atoms with Crippen LogP contribution in [0.4, 0.5) is 26.3 Å². The highest BCUT2D eigenvalue weighted by atomic mass is 19.4. The van der Waals surface area contributed by atoms with Crippen molar-refractivity contribution in [2.24, 2.45) is 0 Å². The van der Waals surface area contributed by atoms with E-state index in [4.69, 9.17) is 0 Å². The fraction of sp³-hybridized carbons (Fsp3) is 0.190. The summed E-state index contributed by atoms with van der Waals surface area (Å²) in [4.78, 5) is 12.2. The molecule has 0 aromatic heterocycles. The number of alkyl halides is 6. The highest BCUT2D eigenvalue weighted by Crippen LogP contribution is 2.36. The molecule has 1 atom stereocenters. The summed E-state index contributed by atoms with van der Waals surface area (Å²) in [5, 5.41) is 14.1. The van der Waals surface area contributed by atoms with E-state index in [2.05, 4.69) is 5.32 Å². The summed E-state index contributed by atoms with van der Waals surface area (Å²) in [7, 11) is 0. The molecule has 1 unspecified atom stereocenters. The fourth-order valence-electron chi connectivity index (χ4n) is 3.03. The SMILES string of the molecule is O=C(NCC(O)c1cccc2ccccc12)c1cc(C(F)(F)F)cc(C(F)(F)F)c1. The standard InChI is InChI=1S/C21H15F6NO2/c22-20(23,24)14-8-13(9-15(10-14)21(25,26)27)19(30)28-11-18(29)17-7-3-5-12-4-1-2-6-16(12)17/h1-10,18,29H,11H2,(H,28,30). The summed E-state index contributed by atoms with van der Waals surface area (Å²) in [5.41, 5.74) is -3.51. The average molecular weight is 427 g/mol. The second kappa shape index (κ2) is 7.98. The van der Waals surface area contributed by atoms with Gasteiger partial charge in [0.25, 0.3) is 5.91 Å². The summed E-state index contributed by atoms with van der Waals surface area (Å²) in [6.07, 6.45) is -11.3. The molecule has 1 amide bonds. The van der Waals surface area contributed by atoms with Crippen molar-refractivity contribution < 1.29 is 36.2 Å². The van der Waals surface area contributed by atoms with E-state index in [1.807, 2.05) is 12.1 Å². The molecule has 0 saturated heterocycles. The highest BCUT2D eigenvalue weighted by Gasteiger charge is 2.37. The number of nitrogens with one attached hydrogen (secondary N) is 1. The van der Waals surface area contributed by atoms with Crippen LogP contribution in [-0.2, 0) is 12.4 Å². The van der Waals surface area contributed by atoms with Gasteiger partial charge < -0.3 is 10.4 Å². The minimum absolute atomic E-state index is 0.0538. The number of halogens is 6. The predicted octanol–water partition coefficient (Wildman–Crippen LogP) is 5.34. The first-order valence-electron chi connectivity index (χ1n) is 8.70. The minimum Gasteiger partial charge on any atom is -0.387 e. The van der Waals surface area contributed by atoms with E-state index in [0.29, 0.717) is 23.1 Å². The van der Waals surface area contributed by atoms with Gasteiger partial charge in [-0.1, -0.05) is 42.5 Å². The maximum atomic E-state index is 12.9. The Morgan fingerprint density at radius 2 is 1.43 bits per heavy atom. The molecule has 2 N–H and O–H groups in total. The van der Waals surface area contributed by atoms with Crippen LogP contribution in [0.15, 0.2) is 60.7 Å². The zero-order valence-electron chi connectivity index (χ0n) is 15.2. The number of hydrogen-bond donors (Lipinski definition) is 2. The maximum absolute atomic E-state index is 12.9. The molecule has 3 aromatic rings. The Morgan fingerprint density at radius 1 is 0.867 bits per heavy atom. The zero-order valence-corrected chi connectivity index (χ0v) is 15.2. The normalized spacial score (nSPS) is 13.3. The van der Waals surface area contributed by atoms with Gasteiger partial charge in [-0.3, -0.25) is 4.79 Å². The number of fused-ring (bicyclic) bond motifs is 1. The largest absolute Gasteiger partial charge is 0.416 e. The molecule has 0 spiro atoms. The molecule has 0 radical (unpaired) electrons. The Bertz CT molecular complexity index is 1040. The van der Waals surface area contributed by atoms with Crippen LogP contribution in [0, 0.1) is 0 Å². The molecule has 0 bridgehead atoms. The van der Waals surface area contributed by atoms with E-state index in [1.165, 1.54) is 0 Å². The molecule has 9 heteroatoms. The first-order valence-corrected chi connectivity index (χ1v) is 8.70. The first-order chi connectivity index (χ1) is 14.0. The average Bonchev–Trinajstić information content (AvgIpc) is 2.69. The summed E-state index contributed by atoms with van der Waals surface area (Å²) in [5.74, 6) is -1.16. The third-order valence-electron chi connectivity index (χ3n) is 4.49. The number of hydrogen-bond acceptors (Lipinski definition) is 2. The Kier molecular flexibility index (Phi) is 5.76. The highest BCUT2D eigenvalue weighted by molar-refractivity contribution is 5.94. The molecule has 0 saturated carbocycles. The number of carbonyl (C=O) groups excluding carboxylic acids is 1. The predicted molar refractivity (Wildman–Crippen MR) is 97.7 cm³/mol.